The van der Waals surface area contributed by atoms with Crippen molar-refractivity contribution in [1.29, 1.82) is 0 Å². The Balaban J connectivity index is 1.44. The van der Waals surface area contributed by atoms with E-state index in [-0.39, 0.29) is 18.0 Å². The molecule has 4 aromatic carbocycles. The molecule has 2 aromatic heterocycles. The van der Waals surface area contributed by atoms with E-state index in [1.54, 1.807) is 61.9 Å². The van der Waals surface area contributed by atoms with Crippen LogP contribution >= 0.6 is 55.1 Å². The van der Waals surface area contributed by atoms with Crippen LogP contribution in [0.2, 0.25) is 10.0 Å². The molecular weight excluding hydrogens is 749 g/mol. The molecule has 0 aliphatic carbocycles. The first-order valence-electron chi connectivity index (χ1n) is 13.6. The third-order valence-electron chi connectivity index (χ3n) is 6.87. The molecule has 8 nitrogen and oxygen atoms in total. The Labute approximate surface area is 284 Å². The fourth-order valence-electron chi connectivity index (χ4n) is 4.72. The number of hydrogen-bond donors (Lipinski definition) is 0. The highest BCUT2D eigenvalue weighted by atomic mass is 79.9. The highest BCUT2D eigenvalue weighted by molar-refractivity contribution is 9.13. The number of furan rings is 1. The van der Waals surface area contributed by atoms with Crippen molar-refractivity contribution in [3.8, 4) is 28.8 Å². The molecule has 45 heavy (non-hydrogen) atoms. The Kier molecular flexibility index (Phi) is 9.18. The minimum Gasteiger partial charge on any atom is -0.496 e. The quantitative estimate of drug-likeness (QED) is 0.136. The van der Waals surface area contributed by atoms with Crippen molar-refractivity contribution in [1.82, 2.24) is 9.66 Å². The molecule has 2 heterocycles. The van der Waals surface area contributed by atoms with E-state index in [1.807, 2.05) is 31.2 Å². The zero-order valence-electron chi connectivity index (χ0n) is 23.8. The molecule has 0 bridgehead atoms. The first-order chi connectivity index (χ1) is 21.8. The number of fused-ring (bicyclic) bond motifs is 2. The number of methoxy groups -OCH3 is 1. The van der Waals surface area contributed by atoms with Gasteiger partial charge in [-0.05, 0) is 87.3 Å². The van der Waals surface area contributed by atoms with Crippen LogP contribution in [0.25, 0.3) is 33.5 Å². The lowest BCUT2D eigenvalue weighted by Gasteiger charge is -2.17. The largest absolute Gasteiger partial charge is 0.496 e. The number of ether oxygens (including phenoxy) is 3. The SMILES string of the molecule is CCOc1cc(C=Nn2c(-c3cc4c(OC)cccc4o3)nc3ccccc3c2=O)c(Br)c(Br)c1OCc1ccc(Cl)cc1Cl. The number of para-hydroxylation sites is 1. The standard InChI is InChI=1S/C33H23Br2Cl2N3O5/c1-3-43-27-13-19(29(34)30(35)31(27)44-17-18-11-12-20(36)14-23(18)37)16-38-40-32(39-24-8-5-4-7-21(24)33(40)41)28-15-22-25(42-2)9-6-10-26(22)45-28/h4-16H,3,17H2,1-2H3. The molecule has 0 fully saturated rings. The Morgan fingerprint density at radius 3 is 2.56 bits per heavy atom. The van der Waals surface area contributed by atoms with Crippen molar-refractivity contribution in [2.75, 3.05) is 13.7 Å². The van der Waals surface area contributed by atoms with E-state index >= 15 is 0 Å². The minimum absolute atomic E-state index is 0.179. The van der Waals surface area contributed by atoms with E-state index in [0.717, 1.165) is 10.9 Å². The Bertz CT molecular complexity index is 2160. The molecule has 0 saturated heterocycles. The van der Waals surface area contributed by atoms with Gasteiger partial charge in [0.2, 0.25) is 5.82 Å². The van der Waals surface area contributed by atoms with E-state index < -0.39 is 0 Å². The summed E-state index contributed by atoms with van der Waals surface area (Å²) in [4.78, 5) is 18.6. The maximum absolute atomic E-state index is 13.8. The van der Waals surface area contributed by atoms with Crippen LogP contribution in [0.1, 0.15) is 18.1 Å². The number of aromatic nitrogens is 2. The summed E-state index contributed by atoms with van der Waals surface area (Å²) in [6, 6.07) is 21.3. The predicted molar refractivity (Wildman–Crippen MR) is 185 cm³/mol. The smallest absolute Gasteiger partial charge is 0.282 e. The van der Waals surface area contributed by atoms with Crippen LogP contribution in [-0.2, 0) is 6.61 Å². The van der Waals surface area contributed by atoms with Gasteiger partial charge in [0.1, 0.15) is 17.9 Å². The second-order valence-electron chi connectivity index (χ2n) is 9.68. The van der Waals surface area contributed by atoms with Gasteiger partial charge < -0.3 is 18.6 Å². The van der Waals surface area contributed by atoms with Crippen molar-refractivity contribution in [2.45, 2.75) is 13.5 Å². The third-order valence-corrected chi connectivity index (χ3v) is 9.60. The highest BCUT2D eigenvalue weighted by Gasteiger charge is 2.20. The van der Waals surface area contributed by atoms with Crippen molar-refractivity contribution >= 4 is 83.1 Å². The molecule has 0 atom stereocenters. The van der Waals surface area contributed by atoms with Gasteiger partial charge in [-0.25, -0.2) is 4.98 Å². The molecule has 0 aliphatic heterocycles. The second kappa shape index (κ2) is 13.3. The molecule has 6 aromatic rings. The Morgan fingerprint density at radius 1 is 0.956 bits per heavy atom. The Hall–Kier alpha value is -3.83. The van der Waals surface area contributed by atoms with Crippen LogP contribution in [0.15, 0.2) is 96.1 Å². The maximum atomic E-state index is 13.8. The van der Waals surface area contributed by atoms with Crippen LogP contribution in [0.4, 0.5) is 0 Å². The van der Waals surface area contributed by atoms with Crippen molar-refractivity contribution in [3.05, 3.63) is 113 Å². The topological polar surface area (TPSA) is 88.1 Å². The zero-order valence-corrected chi connectivity index (χ0v) is 28.5. The van der Waals surface area contributed by atoms with E-state index in [2.05, 4.69) is 37.0 Å². The first kappa shape index (κ1) is 31.2. The predicted octanol–water partition coefficient (Wildman–Crippen LogP) is 9.51. The molecule has 0 aliphatic rings. The number of rotatable bonds is 9. The monoisotopic (exact) mass is 769 g/mol. The summed E-state index contributed by atoms with van der Waals surface area (Å²) in [5, 5.41) is 6.80. The summed E-state index contributed by atoms with van der Waals surface area (Å²) in [7, 11) is 1.59. The lowest BCUT2D eigenvalue weighted by molar-refractivity contribution is 0.267. The Morgan fingerprint density at radius 2 is 1.78 bits per heavy atom. The molecule has 0 spiro atoms. The molecule has 228 valence electrons. The van der Waals surface area contributed by atoms with Gasteiger partial charge in [-0.15, -0.1) is 0 Å². The average molecular weight is 772 g/mol. The van der Waals surface area contributed by atoms with Gasteiger partial charge in [-0.3, -0.25) is 4.79 Å². The first-order valence-corrected chi connectivity index (χ1v) is 16.0. The molecule has 0 unspecified atom stereocenters. The molecular formula is C33H23Br2Cl2N3O5. The van der Waals surface area contributed by atoms with Crippen molar-refractivity contribution in [3.63, 3.8) is 0 Å². The summed E-state index contributed by atoms with van der Waals surface area (Å²) >= 11 is 19.7. The van der Waals surface area contributed by atoms with Crippen LogP contribution in [0.5, 0.6) is 17.2 Å². The molecule has 0 N–H and O–H groups in total. The van der Waals surface area contributed by atoms with Crippen LogP contribution in [0.3, 0.4) is 0 Å². The second-order valence-corrected chi connectivity index (χ2v) is 12.1. The summed E-state index contributed by atoms with van der Waals surface area (Å²) < 4.78 is 26.2. The molecule has 6 rings (SSSR count). The fourth-order valence-corrected chi connectivity index (χ4v) is 6.12. The van der Waals surface area contributed by atoms with Crippen molar-refractivity contribution in [2.24, 2.45) is 5.10 Å². The number of nitrogens with zero attached hydrogens (tertiary/aromatic N) is 3. The van der Waals surface area contributed by atoms with E-state index in [0.29, 0.717) is 70.7 Å². The van der Waals surface area contributed by atoms with Crippen LogP contribution in [-0.4, -0.2) is 29.6 Å². The molecule has 0 saturated carbocycles. The van der Waals surface area contributed by atoms with E-state index in [4.69, 9.17) is 46.8 Å². The van der Waals surface area contributed by atoms with Gasteiger partial charge in [-0.1, -0.05) is 47.5 Å². The zero-order chi connectivity index (χ0) is 31.7. The normalized spacial score (nSPS) is 11.5. The van der Waals surface area contributed by atoms with Crippen LogP contribution in [0, 0.1) is 0 Å². The highest BCUT2D eigenvalue weighted by Crippen LogP contribution is 2.43. The van der Waals surface area contributed by atoms with Gasteiger partial charge in [0.05, 0.1) is 40.7 Å². The maximum Gasteiger partial charge on any atom is 0.282 e. The number of benzene rings is 4. The third kappa shape index (κ3) is 6.20. The van der Waals surface area contributed by atoms with Crippen LogP contribution < -0.4 is 19.8 Å². The lowest BCUT2D eigenvalue weighted by atomic mass is 10.2. The number of halogens is 4. The van der Waals surface area contributed by atoms with Gasteiger partial charge in [-0.2, -0.15) is 9.78 Å². The van der Waals surface area contributed by atoms with Gasteiger partial charge in [0.25, 0.3) is 5.56 Å². The van der Waals surface area contributed by atoms with Gasteiger partial charge >= 0.3 is 0 Å². The van der Waals surface area contributed by atoms with Gasteiger partial charge in [0.15, 0.2) is 17.3 Å². The van der Waals surface area contributed by atoms with Gasteiger partial charge in [0, 0.05) is 25.6 Å². The van der Waals surface area contributed by atoms with Crippen molar-refractivity contribution < 1.29 is 18.6 Å². The number of hydrogen-bond acceptors (Lipinski definition) is 7. The molecule has 0 amide bonds. The average Bonchev–Trinajstić information content (AvgIpc) is 3.48. The molecule has 0 radical (unpaired) electrons. The summed E-state index contributed by atoms with van der Waals surface area (Å²) in [5.41, 5.74) is 2.11. The van der Waals surface area contributed by atoms with E-state index in [1.165, 1.54) is 4.68 Å². The fraction of sp³-hybridized carbons (Fsp3) is 0.121. The summed E-state index contributed by atoms with van der Waals surface area (Å²) in [5.74, 6) is 2.15. The van der Waals surface area contributed by atoms with E-state index in [9.17, 15) is 4.79 Å². The molecule has 12 heteroatoms. The summed E-state index contributed by atoms with van der Waals surface area (Å²) in [6.07, 6.45) is 1.54. The minimum atomic E-state index is -0.362. The summed E-state index contributed by atoms with van der Waals surface area (Å²) in [6.45, 7) is 2.44. The lowest BCUT2D eigenvalue weighted by Crippen LogP contribution is -2.20.